The van der Waals surface area contributed by atoms with E-state index in [1.807, 2.05) is 48.5 Å². The molecule has 6 heteroatoms. The van der Waals surface area contributed by atoms with Crippen molar-refractivity contribution in [1.82, 2.24) is 10.2 Å². The van der Waals surface area contributed by atoms with Gasteiger partial charge in [-0.05, 0) is 42.0 Å². The van der Waals surface area contributed by atoms with E-state index in [1.54, 1.807) is 0 Å². The van der Waals surface area contributed by atoms with Gasteiger partial charge in [-0.15, -0.1) is 0 Å². The van der Waals surface area contributed by atoms with E-state index >= 15 is 0 Å². The molecule has 2 aliphatic heterocycles. The quantitative estimate of drug-likeness (QED) is 0.630. The zero-order valence-electron chi connectivity index (χ0n) is 18.0. The number of carbonyl (C=O) groups is 1. The minimum absolute atomic E-state index is 0.0432. The second-order valence-electron chi connectivity index (χ2n) is 8.31. The molecule has 0 spiro atoms. The van der Waals surface area contributed by atoms with Gasteiger partial charge in [0.1, 0.15) is 6.17 Å². The third-order valence-corrected chi connectivity index (χ3v) is 6.59. The molecule has 0 radical (unpaired) electrons. The molecule has 1 fully saturated rings. The Labute approximate surface area is 194 Å². The number of carbonyl (C=O) groups excluding carboxylic acids is 1. The topological polar surface area (TPSA) is 38.8 Å². The van der Waals surface area contributed by atoms with Gasteiger partial charge in [0.2, 0.25) is 0 Å². The highest BCUT2D eigenvalue weighted by Gasteiger charge is 2.32. The summed E-state index contributed by atoms with van der Waals surface area (Å²) in [5.74, 6) is -0.0432. The first kappa shape index (κ1) is 20.9. The Morgan fingerprint density at radius 2 is 1.59 bits per heavy atom. The molecule has 164 valence electrons. The summed E-state index contributed by atoms with van der Waals surface area (Å²) in [7, 11) is 0. The molecule has 5 nitrogen and oxygen atoms in total. The summed E-state index contributed by atoms with van der Waals surface area (Å²) in [6, 6.07) is 26.2. The number of hydrogen-bond acceptors (Lipinski definition) is 4. The lowest BCUT2D eigenvalue weighted by molar-refractivity contribution is 0.0925. The van der Waals surface area contributed by atoms with E-state index in [0.717, 1.165) is 56.1 Å². The first-order valence-electron chi connectivity index (χ1n) is 11.1. The van der Waals surface area contributed by atoms with Crippen LogP contribution in [0, 0.1) is 0 Å². The van der Waals surface area contributed by atoms with Gasteiger partial charge in [-0.3, -0.25) is 9.69 Å². The van der Waals surface area contributed by atoms with Crippen LogP contribution in [-0.2, 0) is 0 Å². The second-order valence-corrected chi connectivity index (χ2v) is 8.74. The van der Waals surface area contributed by atoms with Crippen molar-refractivity contribution in [3.63, 3.8) is 0 Å². The molecule has 0 saturated carbocycles. The largest absolute Gasteiger partial charge is 0.369 e. The molecule has 0 aliphatic carbocycles. The number of fused-ring (bicyclic) bond motifs is 1. The van der Waals surface area contributed by atoms with Gasteiger partial charge < -0.3 is 15.1 Å². The maximum atomic E-state index is 12.8. The number of para-hydroxylation sites is 2. The number of amides is 1. The Morgan fingerprint density at radius 3 is 2.38 bits per heavy atom. The molecule has 2 heterocycles. The highest BCUT2D eigenvalue weighted by Crippen LogP contribution is 2.33. The zero-order valence-corrected chi connectivity index (χ0v) is 18.7. The number of benzene rings is 3. The van der Waals surface area contributed by atoms with Gasteiger partial charge in [0, 0.05) is 50.0 Å². The maximum Gasteiger partial charge on any atom is 0.255 e. The summed E-state index contributed by atoms with van der Waals surface area (Å²) in [6.07, 6.45) is -0.235. The van der Waals surface area contributed by atoms with E-state index in [0.29, 0.717) is 5.02 Å². The van der Waals surface area contributed by atoms with Crippen LogP contribution in [0.3, 0.4) is 0 Å². The molecule has 1 saturated heterocycles. The van der Waals surface area contributed by atoms with Gasteiger partial charge in [-0.2, -0.15) is 0 Å². The van der Waals surface area contributed by atoms with Crippen LogP contribution in [0.1, 0.15) is 22.1 Å². The van der Waals surface area contributed by atoms with Gasteiger partial charge in [0.05, 0.1) is 11.3 Å². The molecule has 1 amide bonds. The summed E-state index contributed by atoms with van der Waals surface area (Å²) in [4.78, 5) is 20.0. The number of halogens is 1. The van der Waals surface area contributed by atoms with Crippen LogP contribution < -0.4 is 15.1 Å². The fourth-order valence-corrected chi connectivity index (χ4v) is 4.84. The molecule has 1 unspecified atom stereocenters. The van der Waals surface area contributed by atoms with E-state index in [9.17, 15) is 4.79 Å². The number of nitrogens with one attached hydrogen (secondary N) is 1. The van der Waals surface area contributed by atoms with E-state index < -0.39 is 0 Å². The average Bonchev–Trinajstić information content (AvgIpc) is 2.84. The summed E-state index contributed by atoms with van der Waals surface area (Å²) in [5.41, 5.74) is 3.99. The lowest BCUT2D eigenvalue weighted by Crippen LogP contribution is -2.52. The number of anilines is 2. The molecule has 0 aromatic heterocycles. The number of hydrogen-bond donors (Lipinski definition) is 1. The Balaban J connectivity index is 1.31. The van der Waals surface area contributed by atoms with Gasteiger partial charge >= 0.3 is 0 Å². The van der Waals surface area contributed by atoms with Crippen molar-refractivity contribution < 1.29 is 4.79 Å². The molecular formula is C26H27ClN4O. The molecule has 32 heavy (non-hydrogen) atoms. The van der Waals surface area contributed by atoms with Crippen molar-refractivity contribution in [2.45, 2.75) is 6.17 Å². The van der Waals surface area contributed by atoms with Crippen molar-refractivity contribution in [3.05, 3.63) is 95.0 Å². The van der Waals surface area contributed by atoms with E-state index in [2.05, 4.69) is 50.3 Å². The summed E-state index contributed by atoms with van der Waals surface area (Å²) >= 11 is 6.27. The first-order chi connectivity index (χ1) is 15.7. The Morgan fingerprint density at radius 1 is 0.844 bits per heavy atom. The lowest BCUT2D eigenvalue weighted by atomic mass is 10.0. The Kier molecular flexibility index (Phi) is 6.02. The van der Waals surface area contributed by atoms with Gasteiger partial charge in [0.15, 0.2) is 0 Å². The third-order valence-electron chi connectivity index (χ3n) is 6.35. The Hall–Kier alpha value is -3.02. The van der Waals surface area contributed by atoms with Gasteiger partial charge in [-0.1, -0.05) is 54.1 Å². The minimum Gasteiger partial charge on any atom is -0.369 e. The molecule has 3 aromatic rings. The highest BCUT2D eigenvalue weighted by atomic mass is 35.5. The molecule has 1 N–H and O–H groups in total. The first-order valence-corrected chi connectivity index (χ1v) is 11.5. The normalized spacial score (nSPS) is 18.9. The minimum atomic E-state index is -0.235. The van der Waals surface area contributed by atoms with Crippen molar-refractivity contribution in [2.75, 3.05) is 49.1 Å². The van der Waals surface area contributed by atoms with Crippen LogP contribution in [0.15, 0.2) is 78.9 Å². The van der Waals surface area contributed by atoms with Crippen molar-refractivity contribution in [1.29, 1.82) is 0 Å². The summed E-state index contributed by atoms with van der Waals surface area (Å²) in [6.45, 7) is 5.85. The van der Waals surface area contributed by atoms with Gasteiger partial charge in [0.25, 0.3) is 5.91 Å². The van der Waals surface area contributed by atoms with Crippen LogP contribution in [0.5, 0.6) is 0 Å². The average molecular weight is 447 g/mol. The van der Waals surface area contributed by atoms with Crippen LogP contribution in [-0.4, -0.2) is 50.1 Å². The van der Waals surface area contributed by atoms with Crippen molar-refractivity contribution >= 4 is 28.9 Å². The standard InChI is InChI=1S/C26H27ClN4O/c27-21-8-6-7-20(19-21)25-28-26(32)23-11-4-5-12-24(23)31(25)18-15-29-13-16-30(17-14-29)22-9-2-1-3-10-22/h1-12,19,25H,13-18H2,(H,28,32). The number of piperazine rings is 1. The van der Waals surface area contributed by atoms with Crippen LogP contribution in [0.2, 0.25) is 5.02 Å². The van der Waals surface area contributed by atoms with Crippen LogP contribution in [0.25, 0.3) is 0 Å². The van der Waals surface area contributed by atoms with Crippen molar-refractivity contribution in [3.8, 4) is 0 Å². The third kappa shape index (κ3) is 4.31. The molecule has 0 bridgehead atoms. The fraction of sp³-hybridized carbons (Fsp3) is 0.269. The SMILES string of the molecule is O=C1NC(c2cccc(Cl)c2)N(CCN2CCN(c3ccccc3)CC2)c2ccccc21. The van der Waals surface area contributed by atoms with Gasteiger partial charge in [-0.25, -0.2) is 0 Å². The predicted molar refractivity (Wildman–Crippen MR) is 131 cm³/mol. The lowest BCUT2D eigenvalue weighted by Gasteiger charge is -2.41. The number of nitrogens with zero attached hydrogens (tertiary/aromatic N) is 3. The molecular weight excluding hydrogens is 420 g/mol. The van der Waals surface area contributed by atoms with E-state index in [-0.39, 0.29) is 12.1 Å². The Bertz CT molecular complexity index is 1080. The molecule has 1 atom stereocenters. The van der Waals surface area contributed by atoms with Crippen molar-refractivity contribution in [2.24, 2.45) is 0 Å². The monoisotopic (exact) mass is 446 g/mol. The number of rotatable bonds is 5. The summed E-state index contributed by atoms with van der Waals surface area (Å²) < 4.78 is 0. The highest BCUT2D eigenvalue weighted by molar-refractivity contribution is 6.30. The zero-order chi connectivity index (χ0) is 21.9. The van der Waals surface area contributed by atoms with Crippen LogP contribution >= 0.6 is 11.6 Å². The van der Waals surface area contributed by atoms with Crippen LogP contribution in [0.4, 0.5) is 11.4 Å². The summed E-state index contributed by atoms with van der Waals surface area (Å²) in [5, 5.41) is 3.86. The smallest absolute Gasteiger partial charge is 0.255 e. The predicted octanol–water partition coefficient (Wildman–Crippen LogP) is 4.41. The van der Waals surface area contributed by atoms with E-state index in [4.69, 9.17) is 11.6 Å². The maximum absolute atomic E-state index is 12.8. The fourth-order valence-electron chi connectivity index (χ4n) is 4.64. The molecule has 3 aromatic carbocycles. The van der Waals surface area contributed by atoms with E-state index in [1.165, 1.54) is 5.69 Å². The molecule has 2 aliphatic rings. The second kappa shape index (κ2) is 9.23. The molecule has 5 rings (SSSR count).